The van der Waals surface area contributed by atoms with Crippen molar-refractivity contribution in [2.45, 2.75) is 13.8 Å². The molecule has 1 atom stereocenters. The van der Waals surface area contributed by atoms with Crippen molar-refractivity contribution in [2.24, 2.45) is 11.8 Å². The second kappa shape index (κ2) is 13.4. The second-order valence-electron chi connectivity index (χ2n) is 12.6. The Hall–Kier alpha value is -6.60. The van der Waals surface area contributed by atoms with Crippen LogP contribution in [-0.2, 0) is 14.3 Å². The lowest BCUT2D eigenvalue weighted by Crippen LogP contribution is -2.41. The number of hydrogen-bond donors (Lipinski definition) is 0. The quantitative estimate of drug-likeness (QED) is 0.162. The molecule has 0 saturated carbocycles. The number of rotatable bonds is 7. The monoisotopic (exact) mass is 669 g/mol. The molecule has 250 valence electrons. The van der Waals surface area contributed by atoms with Crippen LogP contribution in [0.5, 0.6) is 5.75 Å². The van der Waals surface area contributed by atoms with Crippen LogP contribution in [-0.4, -0.2) is 11.8 Å². The summed E-state index contributed by atoms with van der Waals surface area (Å²) < 4.78 is 12.7. The van der Waals surface area contributed by atoms with Crippen molar-refractivity contribution >= 4 is 45.8 Å². The molecule has 0 spiro atoms. The van der Waals surface area contributed by atoms with E-state index in [1.807, 2.05) is 128 Å². The van der Waals surface area contributed by atoms with E-state index in [9.17, 15) is 9.59 Å². The first-order chi connectivity index (χ1) is 24.9. The zero-order valence-electron chi connectivity index (χ0n) is 28.2. The molecule has 1 fully saturated rings. The summed E-state index contributed by atoms with van der Waals surface area (Å²) in [5.74, 6) is 0.274. The highest BCUT2D eigenvalue weighted by molar-refractivity contribution is 6.23. The lowest BCUT2D eigenvalue weighted by molar-refractivity contribution is -0.127. The predicted octanol–water partition coefficient (Wildman–Crippen LogP) is 9.88. The third kappa shape index (κ3) is 6.10. The molecule has 1 unspecified atom stereocenters. The number of carbonyl (C=O) groups excluding carboxylic acids is 2. The lowest BCUT2D eigenvalue weighted by Gasteiger charge is -2.27. The largest absolute Gasteiger partial charge is 0.463 e. The van der Waals surface area contributed by atoms with Crippen molar-refractivity contribution in [2.75, 3.05) is 14.9 Å². The summed E-state index contributed by atoms with van der Waals surface area (Å²) in [7, 11) is 0. The maximum atomic E-state index is 14.2. The van der Waals surface area contributed by atoms with Crippen LogP contribution in [0.3, 0.4) is 0 Å². The first kappa shape index (κ1) is 31.7. The molecule has 3 aliphatic rings. The highest BCUT2D eigenvalue weighted by Crippen LogP contribution is 2.42. The van der Waals surface area contributed by atoms with Gasteiger partial charge in [-0.3, -0.25) is 9.59 Å². The zero-order valence-corrected chi connectivity index (χ0v) is 28.2. The first-order valence-corrected chi connectivity index (χ1v) is 16.9. The van der Waals surface area contributed by atoms with Crippen LogP contribution in [0.1, 0.15) is 19.4 Å². The Bertz CT molecular complexity index is 2130. The maximum Gasteiger partial charge on any atom is 0.259 e. The number of nitrogens with zero attached hydrogens (tertiary/aromatic N) is 3. The molecule has 3 aliphatic heterocycles. The average molecular weight is 670 g/mol. The minimum absolute atomic E-state index is 0.304. The Balaban J connectivity index is 1.12. The number of allylic oxidation sites excluding steroid dienone is 6. The highest BCUT2D eigenvalue weighted by atomic mass is 16.5. The third-order valence-electron chi connectivity index (χ3n) is 9.15. The summed E-state index contributed by atoms with van der Waals surface area (Å²) in [6.45, 7) is 3.88. The van der Waals surface area contributed by atoms with Crippen molar-refractivity contribution in [1.82, 2.24) is 0 Å². The van der Waals surface area contributed by atoms with Gasteiger partial charge in [-0.05, 0) is 98.3 Å². The average Bonchev–Trinajstić information content (AvgIpc) is 3.42. The summed E-state index contributed by atoms with van der Waals surface area (Å²) in [4.78, 5) is 30.6. The normalized spacial score (nSPS) is 18.0. The standard InChI is InChI=1S/C44H35N3O4/c1-30-25-38(51-41-28-37(23-24-40(30)41)45(33-15-7-3-8-16-33)34-17-9-4-10-18-34)29-39-27-32(26-31(2)50-39)42-43(48)46(35-19-11-5-12-20-35)47(44(42)49)36-21-13-6-14-22-36/h3-29,32,42H,1-2H3/b38-29+. The molecular formula is C44H35N3O4. The summed E-state index contributed by atoms with van der Waals surface area (Å²) in [6.07, 6.45) is 7.47. The van der Waals surface area contributed by atoms with Gasteiger partial charge < -0.3 is 14.4 Å². The fraction of sp³-hybridized carbons (Fsp3) is 0.0909. The predicted molar refractivity (Wildman–Crippen MR) is 201 cm³/mol. The van der Waals surface area contributed by atoms with Crippen LogP contribution >= 0.6 is 0 Å². The Morgan fingerprint density at radius 2 is 1.14 bits per heavy atom. The topological polar surface area (TPSA) is 62.3 Å². The minimum Gasteiger partial charge on any atom is -0.463 e. The van der Waals surface area contributed by atoms with Crippen molar-refractivity contribution in [3.63, 3.8) is 0 Å². The van der Waals surface area contributed by atoms with Crippen LogP contribution < -0.4 is 19.7 Å². The van der Waals surface area contributed by atoms with Crippen molar-refractivity contribution in [3.8, 4) is 5.75 Å². The van der Waals surface area contributed by atoms with Crippen LogP contribution in [0.15, 0.2) is 181 Å². The van der Waals surface area contributed by atoms with Crippen molar-refractivity contribution < 1.29 is 19.1 Å². The van der Waals surface area contributed by atoms with Gasteiger partial charge in [-0.25, -0.2) is 10.0 Å². The van der Waals surface area contributed by atoms with Crippen LogP contribution in [0.25, 0.3) is 5.57 Å². The molecule has 7 heteroatoms. The summed E-state index contributed by atoms with van der Waals surface area (Å²) in [5, 5.41) is 2.96. The molecule has 5 aromatic carbocycles. The maximum absolute atomic E-state index is 14.2. The highest BCUT2D eigenvalue weighted by Gasteiger charge is 2.50. The SMILES string of the molecule is CC1=CC(C2C(=O)N(c3ccccc3)N(c3ccccc3)C2=O)C=C(/C=C2\C=C(C)c3ccc(N(c4ccccc4)c4ccccc4)cc3O2)O1. The fourth-order valence-corrected chi connectivity index (χ4v) is 6.87. The van der Waals surface area contributed by atoms with Crippen LogP contribution in [0.4, 0.5) is 28.4 Å². The van der Waals surface area contributed by atoms with Gasteiger partial charge in [0.25, 0.3) is 11.8 Å². The number of amides is 2. The number of ether oxygens (including phenoxy) is 2. The minimum atomic E-state index is -0.979. The number of benzene rings is 5. The molecule has 0 aromatic heterocycles. The molecule has 2 amide bonds. The van der Waals surface area contributed by atoms with E-state index in [0.29, 0.717) is 34.4 Å². The van der Waals surface area contributed by atoms with Crippen LogP contribution in [0, 0.1) is 11.8 Å². The van der Waals surface area contributed by atoms with E-state index >= 15 is 0 Å². The molecule has 1 saturated heterocycles. The molecule has 7 nitrogen and oxygen atoms in total. The van der Waals surface area contributed by atoms with E-state index in [-0.39, 0.29) is 11.8 Å². The smallest absolute Gasteiger partial charge is 0.259 e. The number of para-hydroxylation sites is 4. The van der Waals surface area contributed by atoms with Gasteiger partial charge in [-0.15, -0.1) is 0 Å². The molecule has 0 radical (unpaired) electrons. The lowest BCUT2D eigenvalue weighted by atomic mass is 9.88. The summed E-state index contributed by atoms with van der Waals surface area (Å²) in [6, 6.07) is 45.2. The summed E-state index contributed by atoms with van der Waals surface area (Å²) >= 11 is 0. The molecule has 0 N–H and O–H groups in total. The van der Waals surface area contributed by atoms with Crippen molar-refractivity contribution in [1.29, 1.82) is 0 Å². The molecule has 51 heavy (non-hydrogen) atoms. The van der Waals surface area contributed by atoms with Crippen LogP contribution in [0.2, 0.25) is 0 Å². The van der Waals surface area contributed by atoms with E-state index < -0.39 is 11.8 Å². The Labute approximate surface area is 297 Å². The van der Waals surface area contributed by atoms with Gasteiger partial charge in [0.2, 0.25) is 0 Å². The molecule has 0 bridgehead atoms. The molecule has 0 aliphatic carbocycles. The van der Waals surface area contributed by atoms with E-state index in [4.69, 9.17) is 9.47 Å². The Morgan fingerprint density at radius 3 is 1.69 bits per heavy atom. The van der Waals surface area contributed by atoms with Gasteiger partial charge in [0, 0.05) is 40.7 Å². The molecule has 5 aromatic rings. The van der Waals surface area contributed by atoms with Gasteiger partial charge in [-0.2, -0.15) is 0 Å². The zero-order chi connectivity index (χ0) is 34.9. The number of carbonyl (C=O) groups is 2. The van der Waals surface area contributed by atoms with Crippen molar-refractivity contribution in [3.05, 3.63) is 187 Å². The van der Waals surface area contributed by atoms with E-state index in [1.165, 1.54) is 10.0 Å². The Morgan fingerprint density at radius 1 is 0.608 bits per heavy atom. The van der Waals surface area contributed by atoms with E-state index in [2.05, 4.69) is 54.3 Å². The Kier molecular flexibility index (Phi) is 8.30. The van der Waals surface area contributed by atoms with Gasteiger partial charge in [0.15, 0.2) is 0 Å². The van der Waals surface area contributed by atoms with Gasteiger partial charge in [0.05, 0.1) is 17.1 Å². The molecular weight excluding hydrogens is 635 g/mol. The third-order valence-corrected chi connectivity index (χ3v) is 9.15. The number of hydrazine groups is 1. The summed E-state index contributed by atoms with van der Waals surface area (Å²) in [5.41, 5.74) is 6.29. The second-order valence-corrected chi connectivity index (χ2v) is 12.6. The van der Waals surface area contributed by atoms with E-state index in [0.717, 1.165) is 28.2 Å². The number of hydrogen-bond acceptors (Lipinski definition) is 5. The molecule has 3 heterocycles. The molecule has 8 rings (SSSR count). The van der Waals surface area contributed by atoms with Gasteiger partial charge in [0.1, 0.15) is 23.2 Å². The van der Waals surface area contributed by atoms with E-state index in [1.54, 1.807) is 0 Å². The number of anilines is 5. The van der Waals surface area contributed by atoms with Gasteiger partial charge in [-0.1, -0.05) is 72.8 Å². The first-order valence-electron chi connectivity index (χ1n) is 16.9. The van der Waals surface area contributed by atoms with Gasteiger partial charge >= 0.3 is 0 Å². The fourth-order valence-electron chi connectivity index (χ4n) is 6.87. The number of fused-ring (bicyclic) bond motifs is 1.